The fraction of sp³-hybridized carbons (Fsp3) is 0.440. The zero-order chi connectivity index (χ0) is 22.4. The Kier molecular flexibility index (Phi) is 7.21. The average Bonchev–Trinajstić information content (AvgIpc) is 3.10. The summed E-state index contributed by atoms with van der Waals surface area (Å²) in [6.07, 6.45) is 0.0949. The molecule has 2 aromatic rings. The molecule has 1 fully saturated rings. The van der Waals surface area contributed by atoms with Crippen LogP contribution in [0.1, 0.15) is 39.7 Å². The zero-order valence-electron chi connectivity index (χ0n) is 18.8. The van der Waals surface area contributed by atoms with Gasteiger partial charge in [-0.1, -0.05) is 48.5 Å². The van der Waals surface area contributed by atoms with Gasteiger partial charge in [0.1, 0.15) is 17.5 Å². The summed E-state index contributed by atoms with van der Waals surface area (Å²) in [5.74, 6) is 0.741. The molecule has 6 heteroatoms. The third-order valence-corrected chi connectivity index (χ3v) is 5.14. The minimum absolute atomic E-state index is 0.0274. The quantitative estimate of drug-likeness (QED) is 0.685. The van der Waals surface area contributed by atoms with Gasteiger partial charge in [0.25, 0.3) is 0 Å². The topological polar surface area (TPSA) is 59.1 Å². The Balaban J connectivity index is 1.75. The summed E-state index contributed by atoms with van der Waals surface area (Å²) in [4.78, 5) is 28.8. The summed E-state index contributed by atoms with van der Waals surface area (Å²) >= 11 is 0. The molecule has 1 aliphatic heterocycles. The van der Waals surface area contributed by atoms with Crippen molar-refractivity contribution in [2.24, 2.45) is 0 Å². The fourth-order valence-corrected chi connectivity index (χ4v) is 3.73. The lowest BCUT2D eigenvalue weighted by molar-refractivity contribution is -0.130. The normalized spacial score (nSPS) is 18.5. The molecule has 2 amide bonds. The van der Waals surface area contributed by atoms with Gasteiger partial charge in [-0.25, -0.2) is 4.79 Å². The largest absolute Gasteiger partial charge is 0.489 e. The summed E-state index contributed by atoms with van der Waals surface area (Å²) in [6, 6.07) is 19.3. The van der Waals surface area contributed by atoms with E-state index in [2.05, 4.69) is 0 Å². The molecule has 0 aliphatic carbocycles. The molecule has 0 N–H and O–H groups in total. The van der Waals surface area contributed by atoms with Gasteiger partial charge in [0.05, 0.1) is 12.6 Å². The second-order valence-corrected chi connectivity index (χ2v) is 8.96. The number of para-hydroxylation sites is 1. The number of amides is 2. The van der Waals surface area contributed by atoms with Crippen LogP contribution in [0.2, 0.25) is 0 Å². The summed E-state index contributed by atoms with van der Waals surface area (Å²) in [7, 11) is 0. The van der Waals surface area contributed by atoms with Crippen molar-refractivity contribution in [1.29, 1.82) is 0 Å². The molecule has 3 rings (SSSR count). The van der Waals surface area contributed by atoms with E-state index in [0.717, 1.165) is 11.3 Å². The number of hydrogen-bond acceptors (Lipinski definition) is 4. The second-order valence-electron chi connectivity index (χ2n) is 8.96. The van der Waals surface area contributed by atoms with Crippen LogP contribution in [0, 0.1) is 0 Å². The van der Waals surface area contributed by atoms with Crippen molar-refractivity contribution >= 4 is 12.0 Å². The Morgan fingerprint density at radius 3 is 2.23 bits per heavy atom. The van der Waals surface area contributed by atoms with Gasteiger partial charge in [0, 0.05) is 26.4 Å². The predicted octanol–water partition coefficient (Wildman–Crippen LogP) is 4.49. The van der Waals surface area contributed by atoms with E-state index in [1.165, 1.54) is 0 Å². The summed E-state index contributed by atoms with van der Waals surface area (Å²) in [5.41, 5.74) is 0.459. The number of benzene rings is 2. The maximum atomic E-state index is 12.9. The highest BCUT2D eigenvalue weighted by molar-refractivity contribution is 5.73. The van der Waals surface area contributed by atoms with Crippen molar-refractivity contribution < 1.29 is 19.1 Å². The Bertz CT molecular complexity index is 864. The van der Waals surface area contributed by atoms with Crippen molar-refractivity contribution in [3.05, 3.63) is 66.2 Å². The third kappa shape index (κ3) is 6.74. The summed E-state index contributed by atoms with van der Waals surface area (Å²) in [5, 5.41) is 0. The fourth-order valence-electron chi connectivity index (χ4n) is 3.73. The Morgan fingerprint density at radius 2 is 1.65 bits per heavy atom. The second kappa shape index (κ2) is 9.86. The molecular weight excluding hydrogens is 392 g/mol. The monoisotopic (exact) mass is 424 g/mol. The van der Waals surface area contributed by atoms with Crippen molar-refractivity contribution in [3.8, 4) is 5.75 Å². The van der Waals surface area contributed by atoms with Crippen LogP contribution < -0.4 is 4.74 Å². The first-order valence-corrected chi connectivity index (χ1v) is 10.7. The van der Waals surface area contributed by atoms with Gasteiger partial charge in [-0.15, -0.1) is 0 Å². The minimum Gasteiger partial charge on any atom is -0.489 e. The van der Waals surface area contributed by atoms with Crippen molar-refractivity contribution in [2.45, 2.75) is 58.4 Å². The number of nitrogens with zero attached hydrogens (tertiary/aromatic N) is 2. The summed E-state index contributed by atoms with van der Waals surface area (Å²) in [6.45, 7) is 8.47. The molecule has 1 saturated heterocycles. The van der Waals surface area contributed by atoms with Gasteiger partial charge < -0.3 is 14.4 Å². The number of hydrogen-bond donors (Lipinski definition) is 0. The van der Waals surface area contributed by atoms with E-state index in [4.69, 9.17) is 9.47 Å². The van der Waals surface area contributed by atoms with E-state index in [-0.39, 0.29) is 24.1 Å². The molecule has 6 nitrogen and oxygen atoms in total. The zero-order valence-corrected chi connectivity index (χ0v) is 18.8. The van der Waals surface area contributed by atoms with Gasteiger partial charge in [-0.3, -0.25) is 9.69 Å². The van der Waals surface area contributed by atoms with Gasteiger partial charge in [0.2, 0.25) is 5.91 Å². The molecule has 0 spiro atoms. The molecular formula is C25H32N2O4. The number of carbonyl (C=O) groups is 2. The van der Waals surface area contributed by atoms with Crippen LogP contribution in [0.4, 0.5) is 4.79 Å². The van der Waals surface area contributed by atoms with Gasteiger partial charge >= 0.3 is 6.09 Å². The van der Waals surface area contributed by atoms with Crippen LogP contribution in [0.5, 0.6) is 5.75 Å². The molecule has 1 unspecified atom stereocenters. The first-order chi connectivity index (χ1) is 14.7. The Hall–Kier alpha value is -3.02. The number of likely N-dealkylation sites (tertiary alicyclic amines) is 1. The summed E-state index contributed by atoms with van der Waals surface area (Å²) < 4.78 is 11.8. The van der Waals surface area contributed by atoms with E-state index >= 15 is 0 Å². The molecule has 166 valence electrons. The minimum atomic E-state index is -0.593. The molecule has 0 saturated carbocycles. The molecule has 2 aromatic carbocycles. The third-order valence-electron chi connectivity index (χ3n) is 5.14. The van der Waals surface area contributed by atoms with E-state index < -0.39 is 5.60 Å². The highest BCUT2D eigenvalue weighted by atomic mass is 16.6. The van der Waals surface area contributed by atoms with Crippen LogP contribution in [-0.4, -0.2) is 52.6 Å². The van der Waals surface area contributed by atoms with Crippen LogP contribution >= 0.6 is 0 Å². The lowest BCUT2D eigenvalue weighted by Crippen LogP contribution is -2.46. The van der Waals surface area contributed by atoms with Crippen molar-refractivity contribution in [3.63, 3.8) is 0 Å². The van der Waals surface area contributed by atoms with E-state index in [9.17, 15) is 9.59 Å². The lowest BCUT2D eigenvalue weighted by Gasteiger charge is -2.31. The lowest BCUT2D eigenvalue weighted by atomic mass is 10.1. The average molecular weight is 425 g/mol. The first-order valence-electron chi connectivity index (χ1n) is 10.7. The van der Waals surface area contributed by atoms with E-state index in [1.54, 1.807) is 16.7 Å². The molecule has 1 aliphatic rings. The molecule has 0 radical (unpaired) electrons. The number of carbonyl (C=O) groups excluding carboxylic acids is 2. The molecule has 0 aromatic heterocycles. The number of ether oxygens (including phenoxy) is 2. The first kappa shape index (κ1) is 22.7. The van der Waals surface area contributed by atoms with Crippen LogP contribution in [0.3, 0.4) is 0 Å². The molecule has 0 bridgehead atoms. The SMILES string of the molecule is CC(=O)N(Cc1ccccc1)CC1C[C@H](Oc2ccccc2)CN1C(=O)OC(C)(C)C. The van der Waals surface area contributed by atoms with Gasteiger partial charge in [-0.05, 0) is 38.5 Å². The van der Waals surface area contributed by atoms with Crippen LogP contribution in [0.15, 0.2) is 60.7 Å². The molecule has 1 heterocycles. The predicted molar refractivity (Wildman–Crippen MR) is 120 cm³/mol. The van der Waals surface area contributed by atoms with Crippen LogP contribution in [-0.2, 0) is 16.1 Å². The van der Waals surface area contributed by atoms with Gasteiger partial charge in [0.15, 0.2) is 0 Å². The smallest absolute Gasteiger partial charge is 0.410 e. The van der Waals surface area contributed by atoms with E-state index in [0.29, 0.717) is 26.1 Å². The molecule has 31 heavy (non-hydrogen) atoms. The number of rotatable bonds is 6. The maximum absolute atomic E-state index is 12.9. The highest BCUT2D eigenvalue weighted by Crippen LogP contribution is 2.26. The van der Waals surface area contributed by atoms with Gasteiger partial charge in [-0.2, -0.15) is 0 Å². The van der Waals surface area contributed by atoms with Crippen LogP contribution in [0.25, 0.3) is 0 Å². The van der Waals surface area contributed by atoms with Crippen molar-refractivity contribution in [1.82, 2.24) is 9.80 Å². The standard InChI is InChI=1S/C25H32N2O4/c1-19(28)26(16-20-11-7-5-8-12-20)17-21-15-23(30-22-13-9-6-10-14-22)18-27(21)24(29)31-25(2,3)4/h5-14,21,23H,15-18H2,1-4H3/t21?,23-/m0/s1. The Labute approximate surface area is 184 Å². The highest BCUT2D eigenvalue weighted by Gasteiger charge is 2.39. The van der Waals surface area contributed by atoms with E-state index in [1.807, 2.05) is 81.4 Å². The van der Waals surface area contributed by atoms with Crippen molar-refractivity contribution in [2.75, 3.05) is 13.1 Å². The Morgan fingerprint density at radius 1 is 1.03 bits per heavy atom. The molecule has 2 atom stereocenters. The maximum Gasteiger partial charge on any atom is 0.410 e.